The molecule has 1 aliphatic carbocycles. The molecule has 0 amide bonds. The molecule has 0 aromatic rings. The molecular weight excluding hydrogens is 244 g/mol. The Morgan fingerprint density at radius 1 is 1.00 bits per heavy atom. The molecule has 0 radical (unpaired) electrons. The second-order valence-corrected chi connectivity index (χ2v) is 6.86. The van der Waals surface area contributed by atoms with Crippen molar-refractivity contribution >= 4 is 20.2 Å². The predicted octanol–water partition coefficient (Wildman–Crippen LogP) is 0.0650. The summed E-state index contributed by atoms with van der Waals surface area (Å²) < 4.78 is 52.7. The van der Waals surface area contributed by atoms with Gasteiger partial charge in [-0.2, -0.15) is 16.8 Å². The maximum absolute atomic E-state index is 10.9. The highest BCUT2D eigenvalue weighted by molar-refractivity contribution is 7.86. The summed E-state index contributed by atoms with van der Waals surface area (Å²) in [6, 6.07) is 0. The lowest BCUT2D eigenvalue weighted by Crippen LogP contribution is -2.35. The fourth-order valence-corrected chi connectivity index (χ4v) is 2.36. The van der Waals surface area contributed by atoms with E-state index in [9.17, 15) is 16.8 Å². The highest BCUT2D eigenvalue weighted by Crippen LogP contribution is 2.33. The molecule has 1 saturated carbocycles. The number of hydrogen-bond donors (Lipinski definition) is 0. The summed E-state index contributed by atoms with van der Waals surface area (Å²) in [5.41, 5.74) is 0. The maximum Gasteiger partial charge on any atom is 0.266 e. The summed E-state index contributed by atoms with van der Waals surface area (Å²) in [5.74, 6) is -0.158. The molecule has 90 valence electrons. The molecule has 1 fully saturated rings. The van der Waals surface area contributed by atoms with Gasteiger partial charge in [-0.05, 0) is 12.8 Å². The summed E-state index contributed by atoms with van der Waals surface area (Å²) >= 11 is 0. The molecule has 0 aromatic heterocycles. The van der Waals surface area contributed by atoms with E-state index in [0.29, 0.717) is 0 Å². The largest absolute Gasteiger partial charge is 0.266 e. The van der Waals surface area contributed by atoms with E-state index in [4.69, 9.17) is 0 Å². The van der Waals surface area contributed by atoms with Crippen LogP contribution in [0.3, 0.4) is 0 Å². The molecule has 1 aliphatic rings. The molecule has 0 N–H and O–H groups in total. The lowest BCUT2D eigenvalue weighted by atomic mass is 9.85. The standard InChI is InChI=1S/C7H14O6S2/c1-14(8,9)12-7(6-4-3-5-6)13-15(2,10)11/h6-7H,3-5H2,1-2H3. The van der Waals surface area contributed by atoms with Crippen molar-refractivity contribution in [3.63, 3.8) is 0 Å². The Bertz CT molecular complexity index is 371. The Morgan fingerprint density at radius 2 is 1.40 bits per heavy atom. The molecule has 0 atom stereocenters. The maximum atomic E-state index is 10.9. The van der Waals surface area contributed by atoms with Gasteiger partial charge in [0.05, 0.1) is 12.5 Å². The Hall–Kier alpha value is -0.180. The summed E-state index contributed by atoms with van der Waals surface area (Å²) in [5, 5.41) is 0. The van der Waals surface area contributed by atoms with Crippen LogP contribution in [0.15, 0.2) is 0 Å². The average molecular weight is 258 g/mol. The van der Waals surface area contributed by atoms with Gasteiger partial charge in [0.1, 0.15) is 0 Å². The van der Waals surface area contributed by atoms with Crippen LogP contribution in [0, 0.1) is 5.92 Å². The predicted molar refractivity (Wildman–Crippen MR) is 53.0 cm³/mol. The first-order chi connectivity index (χ1) is 6.67. The van der Waals surface area contributed by atoms with Crippen LogP contribution in [0.2, 0.25) is 0 Å². The number of rotatable bonds is 5. The molecule has 0 unspecified atom stereocenters. The van der Waals surface area contributed by atoms with Gasteiger partial charge >= 0.3 is 0 Å². The van der Waals surface area contributed by atoms with Crippen LogP contribution in [0.5, 0.6) is 0 Å². The normalized spacial score (nSPS) is 19.1. The summed E-state index contributed by atoms with van der Waals surface area (Å²) in [7, 11) is -7.41. The van der Waals surface area contributed by atoms with E-state index in [1.807, 2.05) is 0 Å². The SMILES string of the molecule is CS(=O)(=O)OC(OS(C)(=O)=O)C1CCC1. The van der Waals surface area contributed by atoms with Gasteiger partial charge in [0, 0.05) is 5.92 Å². The van der Waals surface area contributed by atoms with Crippen LogP contribution in [-0.4, -0.2) is 35.6 Å². The average Bonchev–Trinajstić information content (AvgIpc) is 1.71. The smallest absolute Gasteiger partial charge is 0.237 e. The Kier molecular flexibility index (Phi) is 3.75. The summed E-state index contributed by atoms with van der Waals surface area (Å²) in [6.07, 6.45) is 2.89. The summed E-state index contributed by atoms with van der Waals surface area (Å²) in [4.78, 5) is 0. The van der Waals surface area contributed by atoms with Gasteiger partial charge < -0.3 is 0 Å². The highest BCUT2D eigenvalue weighted by atomic mass is 32.2. The fraction of sp³-hybridized carbons (Fsp3) is 1.00. The zero-order valence-electron chi connectivity index (χ0n) is 8.54. The van der Waals surface area contributed by atoms with Crippen LogP contribution in [-0.2, 0) is 28.6 Å². The minimum Gasteiger partial charge on any atom is -0.237 e. The van der Waals surface area contributed by atoms with Crippen molar-refractivity contribution in [1.29, 1.82) is 0 Å². The Balaban J connectivity index is 2.69. The van der Waals surface area contributed by atoms with Crippen molar-refractivity contribution in [2.45, 2.75) is 25.6 Å². The molecule has 0 aliphatic heterocycles. The third-order valence-electron chi connectivity index (χ3n) is 2.07. The zero-order chi connectivity index (χ0) is 11.7. The Labute approximate surface area is 89.8 Å². The third-order valence-corrected chi connectivity index (χ3v) is 3.15. The molecule has 1 rings (SSSR count). The lowest BCUT2D eigenvalue weighted by molar-refractivity contribution is -0.0561. The molecule has 0 heterocycles. The minimum absolute atomic E-state index is 0.158. The molecule has 6 nitrogen and oxygen atoms in total. The van der Waals surface area contributed by atoms with E-state index in [-0.39, 0.29) is 5.92 Å². The topological polar surface area (TPSA) is 86.7 Å². The van der Waals surface area contributed by atoms with Gasteiger partial charge in [0.25, 0.3) is 20.2 Å². The lowest BCUT2D eigenvalue weighted by Gasteiger charge is -2.31. The van der Waals surface area contributed by atoms with Crippen molar-refractivity contribution in [1.82, 2.24) is 0 Å². The van der Waals surface area contributed by atoms with Crippen molar-refractivity contribution < 1.29 is 25.2 Å². The van der Waals surface area contributed by atoms with Crippen LogP contribution < -0.4 is 0 Å². The van der Waals surface area contributed by atoms with Crippen LogP contribution in [0.1, 0.15) is 19.3 Å². The molecule has 15 heavy (non-hydrogen) atoms. The number of hydrogen-bond acceptors (Lipinski definition) is 6. The van der Waals surface area contributed by atoms with Crippen LogP contribution >= 0.6 is 0 Å². The molecule has 0 spiro atoms. The van der Waals surface area contributed by atoms with Gasteiger partial charge in [-0.1, -0.05) is 6.42 Å². The fourth-order valence-electron chi connectivity index (χ4n) is 1.23. The van der Waals surface area contributed by atoms with Crippen molar-refractivity contribution in [2.75, 3.05) is 12.5 Å². The van der Waals surface area contributed by atoms with E-state index in [2.05, 4.69) is 8.37 Å². The van der Waals surface area contributed by atoms with Gasteiger partial charge in [-0.3, -0.25) is 0 Å². The zero-order valence-corrected chi connectivity index (χ0v) is 10.2. The van der Waals surface area contributed by atoms with E-state index >= 15 is 0 Å². The van der Waals surface area contributed by atoms with Gasteiger partial charge in [-0.15, -0.1) is 0 Å². The van der Waals surface area contributed by atoms with Crippen LogP contribution in [0.25, 0.3) is 0 Å². The van der Waals surface area contributed by atoms with Crippen molar-refractivity contribution in [3.8, 4) is 0 Å². The van der Waals surface area contributed by atoms with Crippen molar-refractivity contribution in [2.24, 2.45) is 5.92 Å². The third kappa shape index (κ3) is 4.92. The highest BCUT2D eigenvalue weighted by Gasteiger charge is 2.34. The van der Waals surface area contributed by atoms with E-state index in [1.165, 1.54) is 0 Å². The first kappa shape index (κ1) is 12.9. The quantitative estimate of drug-likeness (QED) is 0.512. The Morgan fingerprint density at radius 3 is 1.60 bits per heavy atom. The summed E-state index contributed by atoms with van der Waals surface area (Å²) in [6.45, 7) is 0. The van der Waals surface area contributed by atoms with Gasteiger partial charge in [0.15, 0.2) is 6.29 Å². The van der Waals surface area contributed by atoms with E-state index < -0.39 is 26.5 Å². The molecule has 0 aromatic carbocycles. The first-order valence-electron chi connectivity index (χ1n) is 4.44. The van der Waals surface area contributed by atoms with Gasteiger partial charge in [0.2, 0.25) is 0 Å². The minimum atomic E-state index is -3.71. The molecule has 8 heteroatoms. The first-order valence-corrected chi connectivity index (χ1v) is 8.07. The molecule has 0 saturated heterocycles. The molecule has 0 bridgehead atoms. The van der Waals surface area contributed by atoms with Crippen molar-refractivity contribution in [3.05, 3.63) is 0 Å². The second kappa shape index (κ2) is 4.36. The van der Waals surface area contributed by atoms with Gasteiger partial charge in [-0.25, -0.2) is 8.37 Å². The molecular formula is C7H14O6S2. The monoisotopic (exact) mass is 258 g/mol. The van der Waals surface area contributed by atoms with Crippen LogP contribution in [0.4, 0.5) is 0 Å². The second-order valence-electron chi connectivity index (χ2n) is 3.66. The van der Waals surface area contributed by atoms with E-state index in [0.717, 1.165) is 31.8 Å². The van der Waals surface area contributed by atoms with E-state index in [1.54, 1.807) is 0 Å².